The average Bonchev–Trinajstić information content (AvgIpc) is 2.55. The third-order valence-electron chi connectivity index (χ3n) is 2.45. The number of unbranched alkanes of at least 4 members (excludes halogenated alkanes) is 1. The first kappa shape index (κ1) is 39.6. The number of carboxylic acids is 4. The molecule has 0 radical (unpaired) electrons. The maximum Gasteiger partial charge on any atom is 4.00 e. The molecule has 14 heteroatoms. The largest absolute Gasteiger partial charge is 4.00 e. The van der Waals surface area contributed by atoms with Crippen molar-refractivity contribution in [2.24, 2.45) is 0 Å². The van der Waals surface area contributed by atoms with E-state index in [1.807, 2.05) is 0 Å². The number of aliphatic carboxylic acids is 4. The number of hydrogen-bond acceptors (Lipinski definition) is 8. The molecule has 0 aliphatic rings. The summed E-state index contributed by atoms with van der Waals surface area (Å²) in [5.41, 5.74) is 13.8. The van der Waals surface area contributed by atoms with Crippen LogP contribution in [0.3, 0.4) is 0 Å². The predicted octanol–water partition coefficient (Wildman–Crippen LogP) is -2.85. The van der Waals surface area contributed by atoms with Gasteiger partial charge < -0.3 is 61.7 Å². The topological polar surface area (TPSA) is 236 Å². The fourth-order valence-corrected chi connectivity index (χ4v) is 1.29. The van der Waals surface area contributed by atoms with E-state index in [2.05, 4.69) is 10.6 Å². The van der Waals surface area contributed by atoms with E-state index >= 15 is 0 Å². The Bertz CT molecular complexity index is 370. The first-order chi connectivity index (χ1) is 13.2. The van der Waals surface area contributed by atoms with E-state index in [0.29, 0.717) is 13.1 Å². The summed E-state index contributed by atoms with van der Waals surface area (Å²) in [5.74, 6) is -6.50. The van der Waals surface area contributed by atoms with E-state index in [-0.39, 0.29) is 42.1 Å². The molecule has 0 unspecified atom stereocenters. The molecule has 0 saturated heterocycles. The van der Waals surface area contributed by atoms with Crippen molar-refractivity contribution in [2.75, 3.05) is 39.3 Å². The Balaban J connectivity index is -0.000000111. The van der Waals surface area contributed by atoms with Gasteiger partial charge in [-0.1, -0.05) is 25.7 Å². The molecule has 0 aliphatic carbocycles. The van der Waals surface area contributed by atoms with E-state index in [0.717, 1.165) is 51.9 Å². The molecule has 0 heterocycles. The van der Waals surface area contributed by atoms with E-state index in [1.165, 1.54) is 0 Å². The standard InChI is InChI=1S/C10H22N4.2C3H4O4.2Pt/c11-5-3-9-13-7-1-2-8-14-10-4-6-12;2*4-2(5)1-3(6)7;;/h11-12H,1-10H2;2*1H2,(H,4,5)(H,6,7);;/q-4;;;2*+4/p-4. The molecule has 2 N–H and O–H groups in total. The second-order valence-electron chi connectivity index (χ2n) is 5.10. The summed E-state index contributed by atoms with van der Waals surface area (Å²) in [5, 5.41) is 45.7. The number of hydrogen-bond donors (Lipinski definition) is 0. The zero-order valence-electron chi connectivity index (χ0n) is 16.3. The summed E-state index contributed by atoms with van der Waals surface area (Å²) in [4.78, 5) is 37.1. The van der Waals surface area contributed by atoms with E-state index in [9.17, 15) is 39.6 Å². The van der Waals surface area contributed by atoms with Crippen molar-refractivity contribution >= 4 is 23.9 Å². The Morgan fingerprint density at radius 1 is 0.533 bits per heavy atom. The van der Waals surface area contributed by atoms with Crippen LogP contribution in [-0.4, -0.2) is 63.1 Å². The minimum atomic E-state index is -1.63. The molecular formula is C16H26N4O8Pt2. The molecule has 0 saturated carbocycles. The van der Waals surface area contributed by atoms with Crippen LogP contribution >= 0.6 is 0 Å². The van der Waals surface area contributed by atoms with Gasteiger partial charge in [0.25, 0.3) is 0 Å². The van der Waals surface area contributed by atoms with Crippen molar-refractivity contribution in [3.8, 4) is 0 Å². The van der Waals surface area contributed by atoms with Crippen LogP contribution in [0, 0.1) is 0 Å². The molecule has 12 nitrogen and oxygen atoms in total. The van der Waals surface area contributed by atoms with Crippen LogP contribution in [0.5, 0.6) is 0 Å². The third kappa shape index (κ3) is 56.3. The van der Waals surface area contributed by atoms with Crippen molar-refractivity contribution in [1.82, 2.24) is 0 Å². The molecule has 0 aromatic heterocycles. The summed E-state index contributed by atoms with van der Waals surface area (Å²) >= 11 is 0. The number of carbonyl (C=O) groups is 4. The average molecular weight is 793 g/mol. The first-order valence-electron chi connectivity index (χ1n) is 8.52. The number of nitrogens with zero attached hydrogens (tertiary/aromatic N) is 2. The smallest absolute Gasteiger partial charge is 0.677 e. The summed E-state index contributed by atoms with van der Waals surface area (Å²) in [7, 11) is 0. The minimum absolute atomic E-state index is 0. The maximum atomic E-state index is 9.28. The second-order valence-corrected chi connectivity index (χ2v) is 5.10. The van der Waals surface area contributed by atoms with Gasteiger partial charge in [-0.3, -0.25) is 0 Å². The zero-order chi connectivity index (χ0) is 22.2. The van der Waals surface area contributed by atoms with Crippen LogP contribution in [0.1, 0.15) is 38.5 Å². The van der Waals surface area contributed by atoms with E-state index < -0.39 is 36.7 Å². The van der Waals surface area contributed by atoms with Crippen molar-refractivity contribution in [3.05, 3.63) is 22.1 Å². The van der Waals surface area contributed by atoms with Gasteiger partial charge in [-0.25, -0.2) is 0 Å². The van der Waals surface area contributed by atoms with Gasteiger partial charge >= 0.3 is 42.1 Å². The van der Waals surface area contributed by atoms with Crippen molar-refractivity contribution < 1.29 is 81.7 Å². The van der Waals surface area contributed by atoms with Gasteiger partial charge in [0.05, 0.1) is 0 Å². The maximum absolute atomic E-state index is 9.28. The van der Waals surface area contributed by atoms with Crippen LogP contribution in [0.2, 0.25) is 0 Å². The molecule has 0 aliphatic heterocycles. The van der Waals surface area contributed by atoms with E-state index in [1.54, 1.807) is 0 Å². The van der Waals surface area contributed by atoms with E-state index in [4.69, 9.17) is 11.5 Å². The van der Waals surface area contributed by atoms with Crippen molar-refractivity contribution in [2.45, 2.75) is 38.5 Å². The van der Waals surface area contributed by atoms with Gasteiger partial charge in [-0.05, 0) is 0 Å². The quantitative estimate of drug-likeness (QED) is 0.123. The SMILES string of the molecule is O=C([O-])CC(=O)[O-].O=C([O-])CC(=O)[O-].[NH-]CCC[N-]CCCC[N-]CCC[NH-].[Pt+4].[Pt+4]. The first-order valence-corrected chi connectivity index (χ1v) is 8.52. The zero-order valence-corrected chi connectivity index (χ0v) is 20.8. The number of carboxylic acid groups (broad SMARTS) is 4. The fourth-order valence-electron chi connectivity index (χ4n) is 1.29. The molecule has 0 aromatic rings. The Morgan fingerprint density at radius 3 is 0.933 bits per heavy atom. The van der Waals surface area contributed by atoms with Crippen LogP contribution in [0.4, 0.5) is 0 Å². The van der Waals surface area contributed by atoms with Gasteiger partial charge in [-0.15, -0.1) is 13.1 Å². The molecule has 0 bridgehead atoms. The molecule has 0 amide bonds. The molecule has 0 rings (SSSR count). The van der Waals surface area contributed by atoms with Crippen molar-refractivity contribution in [1.29, 1.82) is 0 Å². The van der Waals surface area contributed by atoms with Crippen molar-refractivity contribution in [3.63, 3.8) is 0 Å². The Morgan fingerprint density at radius 2 is 0.767 bits per heavy atom. The number of rotatable bonds is 15. The Hall–Kier alpha value is -0.903. The number of carbonyl (C=O) groups excluding carboxylic acids is 4. The van der Waals surface area contributed by atoms with Crippen LogP contribution in [0.15, 0.2) is 0 Å². The molecule has 178 valence electrons. The van der Waals surface area contributed by atoms with Gasteiger partial charge in [0.1, 0.15) is 0 Å². The van der Waals surface area contributed by atoms with Crippen LogP contribution < -0.4 is 20.4 Å². The normalized spacial score (nSPS) is 8.73. The van der Waals surface area contributed by atoms with Gasteiger partial charge in [0.2, 0.25) is 0 Å². The van der Waals surface area contributed by atoms with Gasteiger partial charge in [-0.2, -0.15) is 26.2 Å². The van der Waals surface area contributed by atoms with Gasteiger partial charge in [0, 0.05) is 36.7 Å². The van der Waals surface area contributed by atoms with Gasteiger partial charge in [0.15, 0.2) is 0 Å². The number of nitrogens with one attached hydrogen (secondary N) is 2. The summed E-state index contributed by atoms with van der Waals surface area (Å²) < 4.78 is 0. The fraction of sp³-hybridized carbons (Fsp3) is 0.750. The molecule has 0 spiro atoms. The predicted molar refractivity (Wildman–Crippen MR) is 92.3 cm³/mol. The molecule has 30 heavy (non-hydrogen) atoms. The van der Waals surface area contributed by atoms with Crippen LogP contribution in [-0.2, 0) is 61.3 Å². The second kappa shape index (κ2) is 32.8. The Labute approximate surface area is 205 Å². The monoisotopic (exact) mass is 792 g/mol. The summed E-state index contributed by atoms with van der Waals surface area (Å²) in [6.07, 6.45) is 1.96. The molecule has 0 atom stereocenters. The summed E-state index contributed by atoms with van der Waals surface area (Å²) in [6, 6.07) is 0. The Kier molecular flexibility index (Phi) is 43.2. The molecule has 0 fully saturated rings. The summed E-state index contributed by atoms with van der Waals surface area (Å²) in [6.45, 7) is 4.53. The molecular weight excluding hydrogens is 766 g/mol. The third-order valence-corrected chi connectivity index (χ3v) is 2.45. The molecule has 0 aromatic carbocycles. The minimum Gasteiger partial charge on any atom is -0.677 e. The van der Waals surface area contributed by atoms with Crippen LogP contribution in [0.25, 0.3) is 22.1 Å².